The largest absolute Gasteiger partial charge is 0.376 e. The van der Waals surface area contributed by atoms with Gasteiger partial charge in [-0.05, 0) is 55.4 Å². The molecule has 0 fully saturated rings. The van der Waals surface area contributed by atoms with Gasteiger partial charge in [0, 0.05) is 35.6 Å². The SMILES string of the molecule is NC(=S)NCCCC1(Nc2ccccc2)CC2=C(C=C1Nc1ccccc1)C(=O)NC2=O. The van der Waals surface area contributed by atoms with Gasteiger partial charge in [-0.15, -0.1) is 0 Å². The number of rotatable bonds is 8. The molecule has 0 bridgehead atoms. The summed E-state index contributed by atoms with van der Waals surface area (Å²) in [4.78, 5) is 24.9. The molecule has 2 amide bonds. The highest BCUT2D eigenvalue weighted by Gasteiger charge is 2.44. The third kappa shape index (κ3) is 4.65. The molecule has 32 heavy (non-hydrogen) atoms. The van der Waals surface area contributed by atoms with E-state index in [0.717, 1.165) is 23.5 Å². The molecule has 1 heterocycles. The van der Waals surface area contributed by atoms with E-state index < -0.39 is 5.54 Å². The molecule has 0 radical (unpaired) electrons. The van der Waals surface area contributed by atoms with E-state index in [1.807, 2.05) is 60.7 Å². The second kappa shape index (κ2) is 9.23. The van der Waals surface area contributed by atoms with Gasteiger partial charge in [0.15, 0.2) is 5.11 Å². The van der Waals surface area contributed by atoms with Gasteiger partial charge < -0.3 is 21.7 Å². The van der Waals surface area contributed by atoms with Crippen LogP contribution in [0.2, 0.25) is 0 Å². The predicted molar refractivity (Wildman–Crippen MR) is 130 cm³/mol. The highest BCUT2D eigenvalue weighted by Crippen LogP contribution is 2.41. The van der Waals surface area contributed by atoms with Crippen molar-refractivity contribution in [1.82, 2.24) is 10.6 Å². The number of hydrogen-bond acceptors (Lipinski definition) is 5. The first-order valence-corrected chi connectivity index (χ1v) is 10.9. The highest BCUT2D eigenvalue weighted by atomic mass is 32.1. The maximum absolute atomic E-state index is 12.5. The molecule has 1 aliphatic heterocycles. The van der Waals surface area contributed by atoms with Gasteiger partial charge in [-0.2, -0.15) is 0 Å². The van der Waals surface area contributed by atoms with Crippen LogP contribution in [0.5, 0.6) is 0 Å². The van der Waals surface area contributed by atoms with Crippen LogP contribution in [-0.4, -0.2) is 29.0 Å². The lowest BCUT2D eigenvalue weighted by Gasteiger charge is -2.41. The first-order valence-electron chi connectivity index (χ1n) is 10.5. The smallest absolute Gasteiger partial charge is 0.258 e. The van der Waals surface area contributed by atoms with Gasteiger partial charge in [0.05, 0.1) is 11.1 Å². The summed E-state index contributed by atoms with van der Waals surface area (Å²) >= 11 is 4.93. The van der Waals surface area contributed by atoms with Crippen molar-refractivity contribution in [2.75, 3.05) is 17.2 Å². The third-order valence-corrected chi connectivity index (χ3v) is 5.79. The van der Waals surface area contributed by atoms with Crippen molar-refractivity contribution in [3.05, 3.63) is 83.6 Å². The Kier molecular flexibility index (Phi) is 6.23. The number of imide groups is 1. The van der Waals surface area contributed by atoms with Gasteiger partial charge >= 0.3 is 0 Å². The van der Waals surface area contributed by atoms with Crippen LogP contribution in [0.1, 0.15) is 19.3 Å². The second-order valence-electron chi connectivity index (χ2n) is 7.87. The number of benzene rings is 2. The van der Waals surface area contributed by atoms with Crippen LogP contribution in [0.4, 0.5) is 11.4 Å². The van der Waals surface area contributed by atoms with Crippen molar-refractivity contribution in [3.8, 4) is 0 Å². The Labute approximate surface area is 192 Å². The Bertz CT molecular complexity index is 1100. The predicted octanol–water partition coefficient (Wildman–Crippen LogP) is 2.80. The van der Waals surface area contributed by atoms with E-state index in [0.29, 0.717) is 30.5 Å². The second-order valence-corrected chi connectivity index (χ2v) is 8.31. The molecule has 0 saturated heterocycles. The summed E-state index contributed by atoms with van der Waals surface area (Å²) in [6.07, 6.45) is 3.57. The fraction of sp³-hybridized carbons (Fsp3) is 0.208. The van der Waals surface area contributed by atoms with Crippen molar-refractivity contribution in [3.63, 3.8) is 0 Å². The van der Waals surface area contributed by atoms with Crippen molar-refractivity contribution in [2.45, 2.75) is 24.8 Å². The summed E-state index contributed by atoms with van der Waals surface area (Å²) in [7, 11) is 0. The van der Waals surface area contributed by atoms with Crippen molar-refractivity contribution < 1.29 is 9.59 Å². The number of nitrogens with two attached hydrogens (primary N) is 1. The fourth-order valence-corrected chi connectivity index (χ4v) is 4.24. The van der Waals surface area contributed by atoms with Gasteiger partial charge in [0.2, 0.25) is 0 Å². The Morgan fingerprint density at radius 2 is 1.66 bits per heavy atom. The first-order chi connectivity index (χ1) is 15.5. The molecular formula is C24H25N5O2S. The number of anilines is 2. The molecule has 1 unspecified atom stereocenters. The zero-order valence-electron chi connectivity index (χ0n) is 17.5. The maximum Gasteiger partial charge on any atom is 0.258 e. The van der Waals surface area contributed by atoms with Gasteiger partial charge in [0.25, 0.3) is 11.8 Å². The number of thiocarbonyl (C=S) groups is 1. The molecule has 0 spiro atoms. The molecule has 2 aromatic rings. The Morgan fingerprint density at radius 3 is 2.31 bits per heavy atom. The summed E-state index contributed by atoms with van der Waals surface area (Å²) in [5.74, 6) is -0.693. The molecular weight excluding hydrogens is 422 g/mol. The van der Waals surface area contributed by atoms with E-state index in [2.05, 4.69) is 21.3 Å². The molecule has 7 nitrogen and oxygen atoms in total. The Morgan fingerprint density at radius 1 is 1.00 bits per heavy atom. The molecule has 0 saturated carbocycles. The van der Waals surface area contributed by atoms with Crippen LogP contribution >= 0.6 is 12.2 Å². The zero-order chi connectivity index (χ0) is 22.6. The van der Waals surface area contributed by atoms with Crippen LogP contribution in [0.15, 0.2) is 83.6 Å². The van der Waals surface area contributed by atoms with Crippen LogP contribution in [-0.2, 0) is 9.59 Å². The van der Waals surface area contributed by atoms with Crippen LogP contribution in [0.25, 0.3) is 0 Å². The van der Waals surface area contributed by atoms with Gasteiger partial charge in [-0.1, -0.05) is 36.4 Å². The summed E-state index contributed by atoms with van der Waals surface area (Å²) in [5.41, 5.74) is 8.50. The molecule has 2 aliphatic rings. The Balaban J connectivity index is 1.73. The average Bonchev–Trinajstić information content (AvgIpc) is 3.05. The number of hydrogen-bond donors (Lipinski definition) is 5. The molecule has 2 aromatic carbocycles. The average molecular weight is 448 g/mol. The lowest BCUT2D eigenvalue weighted by molar-refractivity contribution is -0.124. The number of para-hydroxylation sites is 2. The summed E-state index contributed by atoms with van der Waals surface area (Å²) in [5, 5.41) is 12.8. The monoisotopic (exact) mass is 447 g/mol. The molecule has 1 atom stereocenters. The molecule has 4 rings (SSSR count). The lowest BCUT2D eigenvalue weighted by atomic mass is 9.77. The number of carbonyl (C=O) groups excluding carboxylic acids is 2. The normalized spacial score (nSPS) is 19.7. The third-order valence-electron chi connectivity index (χ3n) is 5.64. The van der Waals surface area contributed by atoms with Gasteiger partial charge in [-0.3, -0.25) is 14.9 Å². The minimum absolute atomic E-state index is 0.252. The minimum atomic E-state index is -0.643. The minimum Gasteiger partial charge on any atom is -0.376 e. The van der Waals surface area contributed by atoms with E-state index in [-0.39, 0.29) is 16.9 Å². The van der Waals surface area contributed by atoms with Crippen molar-refractivity contribution >= 4 is 40.5 Å². The number of nitrogens with one attached hydrogen (secondary N) is 4. The molecule has 6 N–H and O–H groups in total. The standard InChI is InChI=1S/C24H25N5O2S/c25-23(32)26-13-7-12-24(29-17-10-5-2-6-11-17)15-19-18(21(30)28-22(19)31)14-20(24)27-16-8-3-1-4-9-16/h1-6,8-11,14,27,29H,7,12-13,15H2,(H3,25,26,32)(H,28,30,31). The van der Waals surface area contributed by atoms with Crippen molar-refractivity contribution in [2.24, 2.45) is 5.73 Å². The number of carbonyl (C=O) groups is 2. The number of amides is 2. The quantitative estimate of drug-likeness (QED) is 0.241. The van der Waals surface area contributed by atoms with E-state index >= 15 is 0 Å². The summed E-state index contributed by atoms with van der Waals surface area (Å²) < 4.78 is 0. The molecule has 0 aromatic heterocycles. The zero-order valence-corrected chi connectivity index (χ0v) is 18.3. The molecule has 8 heteroatoms. The Hall–Kier alpha value is -3.65. The van der Waals surface area contributed by atoms with E-state index in [9.17, 15) is 9.59 Å². The van der Waals surface area contributed by atoms with E-state index in [1.54, 1.807) is 6.08 Å². The van der Waals surface area contributed by atoms with Crippen molar-refractivity contribution in [1.29, 1.82) is 0 Å². The first kappa shape index (κ1) is 21.6. The topological polar surface area (TPSA) is 108 Å². The summed E-state index contributed by atoms with van der Waals surface area (Å²) in [6, 6.07) is 19.6. The van der Waals surface area contributed by atoms with Crippen LogP contribution in [0, 0.1) is 0 Å². The maximum atomic E-state index is 12.5. The molecule has 1 aliphatic carbocycles. The van der Waals surface area contributed by atoms with Crippen LogP contribution < -0.4 is 27.0 Å². The van der Waals surface area contributed by atoms with Gasteiger partial charge in [-0.25, -0.2) is 0 Å². The van der Waals surface area contributed by atoms with Crippen LogP contribution in [0.3, 0.4) is 0 Å². The summed E-state index contributed by atoms with van der Waals surface area (Å²) in [6.45, 7) is 0.600. The highest BCUT2D eigenvalue weighted by molar-refractivity contribution is 7.80. The van der Waals surface area contributed by atoms with E-state index in [1.165, 1.54) is 0 Å². The lowest BCUT2D eigenvalue weighted by Crippen LogP contribution is -2.46. The fourth-order valence-electron chi connectivity index (χ4n) is 4.14. The van der Waals surface area contributed by atoms with Gasteiger partial charge in [0.1, 0.15) is 0 Å². The molecule has 164 valence electrons. The van der Waals surface area contributed by atoms with E-state index in [4.69, 9.17) is 18.0 Å².